The zero-order valence-corrected chi connectivity index (χ0v) is 11.0. The Hall–Kier alpha value is -2.08. The van der Waals surface area contributed by atoms with Crippen LogP contribution in [0.2, 0.25) is 0 Å². The first-order valence-corrected chi connectivity index (χ1v) is 6.24. The van der Waals surface area contributed by atoms with Gasteiger partial charge in [0.25, 0.3) is 0 Å². The van der Waals surface area contributed by atoms with E-state index < -0.39 is 12.2 Å². The van der Waals surface area contributed by atoms with Crippen molar-refractivity contribution in [3.8, 4) is 16.9 Å². The molecule has 112 valence electrons. The predicted octanol–water partition coefficient (Wildman–Crippen LogP) is 3.89. The highest BCUT2D eigenvalue weighted by atomic mass is 19.4. The van der Waals surface area contributed by atoms with Gasteiger partial charge in [-0.1, -0.05) is 18.2 Å². The van der Waals surface area contributed by atoms with Gasteiger partial charge in [-0.05, 0) is 53.9 Å². The molecule has 6 heteroatoms. The number of alkyl halides is 3. The number of halogens is 4. The number of hydrogen-bond donors (Lipinski definition) is 1. The van der Waals surface area contributed by atoms with E-state index in [9.17, 15) is 17.6 Å². The highest BCUT2D eigenvalue weighted by Crippen LogP contribution is 2.30. The molecule has 2 aromatic rings. The predicted molar refractivity (Wildman–Crippen MR) is 71.3 cm³/mol. The van der Waals surface area contributed by atoms with Gasteiger partial charge >= 0.3 is 6.36 Å². The average Bonchev–Trinajstić information content (AvgIpc) is 2.39. The monoisotopic (exact) mass is 299 g/mol. The van der Waals surface area contributed by atoms with Crippen molar-refractivity contribution in [1.29, 1.82) is 0 Å². The van der Waals surface area contributed by atoms with E-state index in [1.165, 1.54) is 30.3 Å². The molecule has 0 amide bonds. The molecule has 2 nitrogen and oxygen atoms in total. The third-order valence-electron chi connectivity index (χ3n) is 2.86. The third-order valence-corrected chi connectivity index (χ3v) is 2.86. The van der Waals surface area contributed by atoms with Crippen molar-refractivity contribution in [2.45, 2.75) is 12.8 Å². The molecule has 0 heterocycles. The fourth-order valence-electron chi connectivity index (χ4n) is 2.05. The van der Waals surface area contributed by atoms with Gasteiger partial charge in [-0.25, -0.2) is 4.39 Å². The fourth-order valence-corrected chi connectivity index (χ4v) is 2.05. The average molecular weight is 299 g/mol. The minimum atomic E-state index is -4.76. The van der Waals surface area contributed by atoms with Crippen LogP contribution in [0, 0.1) is 5.82 Å². The smallest absolute Gasteiger partial charge is 0.406 e. The number of rotatable bonds is 4. The van der Waals surface area contributed by atoms with Gasteiger partial charge in [0.05, 0.1) is 0 Å². The molecule has 2 aromatic carbocycles. The maximum Gasteiger partial charge on any atom is 0.573 e. The van der Waals surface area contributed by atoms with E-state index in [0.717, 1.165) is 5.56 Å². The number of ether oxygens (including phenoxy) is 1. The SMILES string of the molecule is NCCc1ccc(F)cc1-c1cccc(OC(F)(F)F)c1. The minimum Gasteiger partial charge on any atom is -0.406 e. The van der Waals surface area contributed by atoms with Gasteiger partial charge < -0.3 is 10.5 Å². The summed E-state index contributed by atoms with van der Waals surface area (Å²) in [4.78, 5) is 0. The van der Waals surface area contributed by atoms with Gasteiger partial charge in [-0.2, -0.15) is 0 Å². The Balaban J connectivity index is 2.42. The molecule has 0 saturated heterocycles. The maximum atomic E-state index is 13.4. The van der Waals surface area contributed by atoms with E-state index in [4.69, 9.17) is 5.73 Å². The van der Waals surface area contributed by atoms with Crippen LogP contribution < -0.4 is 10.5 Å². The molecular formula is C15H13F4NO. The number of hydrogen-bond acceptors (Lipinski definition) is 2. The molecule has 0 fully saturated rings. The van der Waals surface area contributed by atoms with Crippen LogP contribution in [0.3, 0.4) is 0 Å². The molecule has 0 radical (unpaired) electrons. The van der Waals surface area contributed by atoms with Crippen LogP contribution in [-0.4, -0.2) is 12.9 Å². The van der Waals surface area contributed by atoms with E-state index in [-0.39, 0.29) is 5.75 Å². The van der Waals surface area contributed by atoms with E-state index >= 15 is 0 Å². The molecule has 0 aliphatic rings. The first-order chi connectivity index (χ1) is 9.89. The van der Waals surface area contributed by atoms with Crippen LogP contribution in [0.25, 0.3) is 11.1 Å². The summed E-state index contributed by atoms with van der Waals surface area (Å²) in [6.07, 6.45) is -4.26. The first kappa shape index (κ1) is 15.3. The summed E-state index contributed by atoms with van der Waals surface area (Å²) in [5.41, 5.74) is 7.21. The van der Waals surface area contributed by atoms with Gasteiger partial charge in [-0.3, -0.25) is 0 Å². The van der Waals surface area contributed by atoms with Crippen molar-refractivity contribution in [2.24, 2.45) is 5.73 Å². The maximum absolute atomic E-state index is 13.4. The second kappa shape index (κ2) is 6.13. The Kier molecular flexibility index (Phi) is 4.47. The lowest BCUT2D eigenvalue weighted by Crippen LogP contribution is -2.17. The van der Waals surface area contributed by atoms with Crippen molar-refractivity contribution >= 4 is 0 Å². The number of nitrogens with two attached hydrogens (primary N) is 1. The summed E-state index contributed by atoms with van der Waals surface area (Å²) < 4.78 is 54.0. The van der Waals surface area contributed by atoms with Crippen LogP contribution in [0.5, 0.6) is 5.75 Å². The molecule has 21 heavy (non-hydrogen) atoms. The molecule has 0 saturated carbocycles. The lowest BCUT2D eigenvalue weighted by atomic mass is 9.97. The molecule has 0 aliphatic heterocycles. The molecule has 0 aliphatic carbocycles. The summed E-state index contributed by atoms with van der Waals surface area (Å²) in [5.74, 6) is -0.809. The zero-order chi connectivity index (χ0) is 15.5. The Morgan fingerprint density at radius 1 is 1.05 bits per heavy atom. The van der Waals surface area contributed by atoms with Crippen LogP contribution in [-0.2, 0) is 6.42 Å². The van der Waals surface area contributed by atoms with Crippen LogP contribution in [0.1, 0.15) is 5.56 Å². The summed E-state index contributed by atoms with van der Waals surface area (Å²) in [6, 6.07) is 9.59. The van der Waals surface area contributed by atoms with Crippen molar-refractivity contribution in [3.63, 3.8) is 0 Å². The van der Waals surface area contributed by atoms with Gasteiger partial charge in [0, 0.05) is 0 Å². The van der Waals surface area contributed by atoms with E-state index in [0.29, 0.717) is 24.1 Å². The topological polar surface area (TPSA) is 35.2 Å². The Morgan fingerprint density at radius 2 is 1.81 bits per heavy atom. The highest BCUT2D eigenvalue weighted by Gasteiger charge is 2.31. The zero-order valence-electron chi connectivity index (χ0n) is 11.0. The fraction of sp³-hybridized carbons (Fsp3) is 0.200. The third kappa shape index (κ3) is 4.19. The van der Waals surface area contributed by atoms with Crippen molar-refractivity contribution in [2.75, 3.05) is 6.54 Å². The molecule has 0 atom stereocenters. The molecule has 0 spiro atoms. The largest absolute Gasteiger partial charge is 0.573 e. The lowest BCUT2D eigenvalue weighted by molar-refractivity contribution is -0.274. The standard InChI is InChI=1S/C15H13F4NO/c16-12-5-4-10(6-7-20)14(9-12)11-2-1-3-13(8-11)21-15(17,18)19/h1-5,8-9H,6-7,20H2. The van der Waals surface area contributed by atoms with Crippen molar-refractivity contribution in [3.05, 3.63) is 53.8 Å². The van der Waals surface area contributed by atoms with Gasteiger partial charge in [0.15, 0.2) is 0 Å². The van der Waals surface area contributed by atoms with E-state index in [1.54, 1.807) is 12.1 Å². The second-order valence-electron chi connectivity index (χ2n) is 4.42. The molecular weight excluding hydrogens is 286 g/mol. The summed E-state index contributed by atoms with van der Waals surface area (Å²) in [7, 11) is 0. The molecule has 0 unspecified atom stereocenters. The molecule has 2 rings (SSSR count). The molecule has 0 bridgehead atoms. The van der Waals surface area contributed by atoms with Crippen LogP contribution >= 0.6 is 0 Å². The van der Waals surface area contributed by atoms with Gasteiger partial charge in [-0.15, -0.1) is 13.2 Å². The molecule has 0 aromatic heterocycles. The summed E-state index contributed by atoms with van der Waals surface area (Å²) >= 11 is 0. The van der Waals surface area contributed by atoms with Crippen LogP contribution in [0.15, 0.2) is 42.5 Å². The Bertz CT molecular complexity index is 625. The Morgan fingerprint density at radius 3 is 2.48 bits per heavy atom. The van der Waals surface area contributed by atoms with Gasteiger partial charge in [0.2, 0.25) is 0 Å². The minimum absolute atomic E-state index is 0.344. The van der Waals surface area contributed by atoms with Crippen molar-refractivity contribution < 1.29 is 22.3 Å². The lowest BCUT2D eigenvalue weighted by Gasteiger charge is -2.12. The van der Waals surface area contributed by atoms with E-state index in [2.05, 4.69) is 4.74 Å². The Labute approximate surface area is 119 Å². The number of benzene rings is 2. The van der Waals surface area contributed by atoms with E-state index in [1.807, 2.05) is 0 Å². The highest BCUT2D eigenvalue weighted by molar-refractivity contribution is 5.69. The summed E-state index contributed by atoms with van der Waals surface area (Å²) in [5, 5.41) is 0. The van der Waals surface area contributed by atoms with Gasteiger partial charge in [0.1, 0.15) is 11.6 Å². The molecule has 2 N–H and O–H groups in total. The van der Waals surface area contributed by atoms with Crippen molar-refractivity contribution in [1.82, 2.24) is 0 Å². The summed E-state index contributed by atoms with van der Waals surface area (Å²) in [6.45, 7) is 0.359. The van der Waals surface area contributed by atoms with Crippen LogP contribution in [0.4, 0.5) is 17.6 Å². The first-order valence-electron chi connectivity index (χ1n) is 6.24. The second-order valence-corrected chi connectivity index (χ2v) is 4.42. The quantitative estimate of drug-likeness (QED) is 0.869. The normalized spacial score (nSPS) is 11.5.